The van der Waals surface area contributed by atoms with Crippen LogP contribution in [0.1, 0.15) is 18.4 Å². The SMILES string of the molecule is Cc1cc(S(=O)(=O)N2CCCC(S(N)(=O)=O)C2)sc1Cl. The maximum absolute atomic E-state index is 12.5. The van der Waals surface area contributed by atoms with Crippen LogP contribution in [0.15, 0.2) is 10.3 Å². The molecule has 0 amide bonds. The van der Waals surface area contributed by atoms with Crippen molar-refractivity contribution >= 4 is 43.0 Å². The van der Waals surface area contributed by atoms with E-state index in [0.717, 1.165) is 11.3 Å². The molecule has 1 aromatic rings. The number of nitrogens with two attached hydrogens (primary N) is 1. The number of piperidine rings is 1. The standard InChI is InChI=1S/C10H15ClN2O4S3/c1-7-5-9(18-10(7)11)20(16,17)13-4-2-3-8(6-13)19(12,14)15/h5,8H,2-4,6H2,1H3,(H2,12,14,15). The average molecular weight is 359 g/mol. The minimum atomic E-state index is -3.73. The van der Waals surface area contributed by atoms with E-state index in [0.29, 0.717) is 29.3 Å². The number of hydrogen-bond acceptors (Lipinski definition) is 5. The average Bonchev–Trinajstić information content (AvgIpc) is 2.69. The summed E-state index contributed by atoms with van der Waals surface area (Å²) in [5.41, 5.74) is 0.690. The molecule has 2 rings (SSSR count). The van der Waals surface area contributed by atoms with Gasteiger partial charge in [-0.15, -0.1) is 11.3 Å². The van der Waals surface area contributed by atoms with Gasteiger partial charge < -0.3 is 0 Å². The lowest BCUT2D eigenvalue weighted by atomic mass is 10.2. The molecule has 0 aliphatic carbocycles. The summed E-state index contributed by atoms with van der Waals surface area (Å²) < 4.78 is 49.4. The molecule has 1 atom stereocenters. The van der Waals surface area contributed by atoms with Gasteiger partial charge in [0.05, 0.1) is 9.59 Å². The molecule has 1 unspecified atom stereocenters. The van der Waals surface area contributed by atoms with E-state index in [9.17, 15) is 16.8 Å². The van der Waals surface area contributed by atoms with Gasteiger partial charge in [0.15, 0.2) is 0 Å². The topological polar surface area (TPSA) is 97.5 Å². The third kappa shape index (κ3) is 3.18. The van der Waals surface area contributed by atoms with Gasteiger partial charge in [-0.2, -0.15) is 4.31 Å². The van der Waals surface area contributed by atoms with E-state index >= 15 is 0 Å². The summed E-state index contributed by atoms with van der Waals surface area (Å²) in [6, 6.07) is 1.50. The van der Waals surface area contributed by atoms with Crippen LogP contribution >= 0.6 is 22.9 Å². The Kier molecular flexibility index (Phi) is 4.49. The second-order valence-corrected chi connectivity index (χ2v) is 10.4. The van der Waals surface area contributed by atoms with Crippen LogP contribution in [0.5, 0.6) is 0 Å². The van der Waals surface area contributed by atoms with E-state index in [1.54, 1.807) is 6.92 Å². The van der Waals surface area contributed by atoms with Crippen molar-refractivity contribution in [1.82, 2.24) is 4.31 Å². The lowest BCUT2D eigenvalue weighted by molar-refractivity contribution is 0.346. The number of halogens is 1. The molecule has 6 nitrogen and oxygen atoms in total. The first-order chi connectivity index (χ1) is 9.12. The molecule has 1 aromatic heterocycles. The number of primary sulfonamides is 1. The van der Waals surface area contributed by atoms with Gasteiger partial charge in [-0.1, -0.05) is 11.6 Å². The van der Waals surface area contributed by atoms with Crippen LogP contribution in [0.2, 0.25) is 4.34 Å². The molecule has 0 bridgehead atoms. The Labute approximate surface area is 127 Å². The second-order valence-electron chi connectivity index (χ2n) is 4.74. The van der Waals surface area contributed by atoms with Crippen LogP contribution in [0.3, 0.4) is 0 Å². The minimum Gasteiger partial charge on any atom is -0.228 e. The summed E-state index contributed by atoms with van der Waals surface area (Å²) in [4.78, 5) is 0. The van der Waals surface area contributed by atoms with E-state index in [-0.39, 0.29) is 10.8 Å². The van der Waals surface area contributed by atoms with Crippen molar-refractivity contribution in [3.8, 4) is 0 Å². The molecule has 0 aromatic carbocycles. The van der Waals surface area contributed by atoms with Crippen molar-refractivity contribution in [2.45, 2.75) is 29.2 Å². The summed E-state index contributed by atoms with van der Waals surface area (Å²) in [5.74, 6) is 0. The van der Waals surface area contributed by atoms with Crippen LogP contribution < -0.4 is 5.14 Å². The molecule has 20 heavy (non-hydrogen) atoms. The zero-order chi connectivity index (χ0) is 15.1. The molecule has 10 heteroatoms. The summed E-state index contributed by atoms with van der Waals surface area (Å²) in [6.07, 6.45) is 0.855. The van der Waals surface area contributed by atoms with Crippen LogP contribution in [0.25, 0.3) is 0 Å². The van der Waals surface area contributed by atoms with Gasteiger partial charge >= 0.3 is 0 Å². The number of thiophene rings is 1. The normalized spacial score (nSPS) is 22.1. The van der Waals surface area contributed by atoms with Gasteiger partial charge in [-0.05, 0) is 31.4 Å². The van der Waals surface area contributed by atoms with Gasteiger partial charge in [0.1, 0.15) is 4.21 Å². The molecular weight excluding hydrogens is 344 g/mol. The highest BCUT2D eigenvalue weighted by Crippen LogP contribution is 2.33. The first-order valence-electron chi connectivity index (χ1n) is 5.90. The van der Waals surface area contributed by atoms with Crippen molar-refractivity contribution in [3.63, 3.8) is 0 Å². The van der Waals surface area contributed by atoms with E-state index < -0.39 is 25.3 Å². The quantitative estimate of drug-likeness (QED) is 0.876. The van der Waals surface area contributed by atoms with Gasteiger partial charge in [-0.25, -0.2) is 22.0 Å². The van der Waals surface area contributed by atoms with Gasteiger partial charge in [0, 0.05) is 13.1 Å². The molecule has 1 fully saturated rings. The molecule has 2 N–H and O–H groups in total. The van der Waals surface area contributed by atoms with Gasteiger partial charge in [0.25, 0.3) is 10.0 Å². The van der Waals surface area contributed by atoms with E-state index in [1.165, 1.54) is 10.4 Å². The third-order valence-corrected chi connectivity index (χ3v) is 8.42. The van der Waals surface area contributed by atoms with Gasteiger partial charge in [-0.3, -0.25) is 0 Å². The lowest BCUT2D eigenvalue weighted by Gasteiger charge is -2.30. The number of nitrogens with zero attached hydrogens (tertiary/aromatic N) is 1. The first kappa shape index (κ1) is 16.2. The molecule has 0 radical (unpaired) electrons. The maximum atomic E-state index is 12.5. The van der Waals surface area contributed by atoms with Crippen molar-refractivity contribution in [2.24, 2.45) is 5.14 Å². The fraction of sp³-hybridized carbons (Fsp3) is 0.600. The number of rotatable bonds is 3. The van der Waals surface area contributed by atoms with E-state index in [4.69, 9.17) is 16.7 Å². The molecule has 114 valence electrons. The maximum Gasteiger partial charge on any atom is 0.252 e. The molecule has 0 spiro atoms. The molecular formula is C10H15ClN2O4S3. The minimum absolute atomic E-state index is 0.101. The smallest absolute Gasteiger partial charge is 0.228 e. The van der Waals surface area contributed by atoms with Crippen LogP contribution in [0.4, 0.5) is 0 Å². The van der Waals surface area contributed by atoms with E-state index in [1.807, 2.05) is 0 Å². The highest BCUT2D eigenvalue weighted by Gasteiger charge is 2.35. The summed E-state index contributed by atoms with van der Waals surface area (Å²) in [6.45, 7) is 1.92. The number of aryl methyl sites for hydroxylation is 1. The van der Waals surface area contributed by atoms with Crippen LogP contribution in [0, 0.1) is 6.92 Å². The number of hydrogen-bond donors (Lipinski definition) is 1. The molecule has 1 aliphatic rings. The molecule has 1 aliphatic heterocycles. The summed E-state index contributed by atoms with van der Waals surface area (Å²) >= 11 is 6.87. The predicted octanol–water partition coefficient (Wildman–Crippen LogP) is 1.15. The second kappa shape index (κ2) is 5.54. The fourth-order valence-corrected chi connectivity index (χ4v) is 6.44. The Balaban J connectivity index is 2.30. The van der Waals surface area contributed by atoms with Crippen molar-refractivity contribution in [2.75, 3.05) is 13.1 Å². The van der Waals surface area contributed by atoms with E-state index in [2.05, 4.69) is 0 Å². The van der Waals surface area contributed by atoms with Crippen LogP contribution in [-0.2, 0) is 20.0 Å². The molecule has 2 heterocycles. The summed E-state index contributed by atoms with van der Waals surface area (Å²) in [7, 11) is -7.44. The van der Waals surface area contributed by atoms with Crippen molar-refractivity contribution in [1.29, 1.82) is 0 Å². The Bertz CT molecular complexity index is 691. The Morgan fingerprint density at radius 3 is 2.55 bits per heavy atom. The first-order valence-corrected chi connectivity index (χ1v) is 10.1. The monoisotopic (exact) mass is 358 g/mol. The zero-order valence-corrected chi connectivity index (χ0v) is 13.9. The predicted molar refractivity (Wildman–Crippen MR) is 79.0 cm³/mol. The van der Waals surface area contributed by atoms with Crippen LogP contribution in [-0.4, -0.2) is 39.5 Å². The van der Waals surface area contributed by atoms with Crippen molar-refractivity contribution < 1.29 is 16.8 Å². The Morgan fingerprint density at radius 1 is 1.40 bits per heavy atom. The highest BCUT2D eigenvalue weighted by atomic mass is 35.5. The number of sulfonamides is 2. The Morgan fingerprint density at radius 2 is 2.05 bits per heavy atom. The fourth-order valence-electron chi connectivity index (χ4n) is 2.08. The van der Waals surface area contributed by atoms with Crippen molar-refractivity contribution in [3.05, 3.63) is 16.0 Å². The zero-order valence-electron chi connectivity index (χ0n) is 10.7. The third-order valence-electron chi connectivity index (χ3n) is 3.23. The molecule has 1 saturated heterocycles. The largest absolute Gasteiger partial charge is 0.252 e. The summed E-state index contributed by atoms with van der Waals surface area (Å²) in [5, 5.41) is 4.27. The Hall–Kier alpha value is -0.190. The van der Waals surface area contributed by atoms with Gasteiger partial charge in [0.2, 0.25) is 10.0 Å². The molecule has 0 saturated carbocycles. The highest BCUT2D eigenvalue weighted by molar-refractivity contribution is 7.91. The lowest BCUT2D eigenvalue weighted by Crippen LogP contribution is -2.46.